The van der Waals surface area contributed by atoms with Gasteiger partial charge in [-0.1, -0.05) is 18.2 Å². The molecule has 1 fully saturated rings. The van der Waals surface area contributed by atoms with Crippen LogP contribution in [0.25, 0.3) is 5.69 Å². The number of likely N-dealkylation sites (N-methyl/N-ethyl adjacent to an activating group) is 1. The van der Waals surface area contributed by atoms with E-state index in [1.807, 2.05) is 53.9 Å². The molecule has 1 aliphatic carbocycles. The van der Waals surface area contributed by atoms with Crippen molar-refractivity contribution in [3.63, 3.8) is 0 Å². The number of nitriles is 1. The van der Waals surface area contributed by atoms with E-state index in [2.05, 4.69) is 23.4 Å². The number of hydrogen-bond donors (Lipinski definition) is 1. The first-order chi connectivity index (χ1) is 12.9. The third-order valence-corrected chi connectivity index (χ3v) is 5.33. The van der Waals surface area contributed by atoms with Gasteiger partial charge in [0.15, 0.2) is 0 Å². The highest BCUT2D eigenvalue weighted by atomic mass is 16.2. The molecule has 0 spiro atoms. The Kier molecular flexibility index (Phi) is 5.62. The molecule has 1 aliphatic rings. The van der Waals surface area contributed by atoms with Crippen LogP contribution in [0.15, 0.2) is 30.3 Å². The summed E-state index contributed by atoms with van der Waals surface area (Å²) in [6, 6.07) is 12.3. The number of benzene rings is 1. The second kappa shape index (κ2) is 7.93. The van der Waals surface area contributed by atoms with Crippen molar-refractivity contribution in [3.05, 3.63) is 47.3 Å². The zero-order valence-corrected chi connectivity index (χ0v) is 16.3. The highest BCUT2D eigenvalue weighted by Crippen LogP contribution is 2.28. The lowest BCUT2D eigenvalue weighted by Gasteiger charge is -2.24. The lowest BCUT2D eigenvalue weighted by atomic mass is 10.00. The Labute approximate surface area is 160 Å². The number of carbonyl (C=O) groups is 1. The van der Waals surface area contributed by atoms with Crippen molar-refractivity contribution in [2.45, 2.75) is 51.6 Å². The van der Waals surface area contributed by atoms with Crippen molar-refractivity contribution in [2.75, 3.05) is 13.6 Å². The van der Waals surface area contributed by atoms with Gasteiger partial charge in [-0.15, -0.1) is 0 Å². The fraction of sp³-hybridized carbons (Fsp3) is 0.476. The van der Waals surface area contributed by atoms with Crippen molar-refractivity contribution >= 4 is 5.91 Å². The summed E-state index contributed by atoms with van der Waals surface area (Å²) in [5.74, 6) is -0.0910. The van der Waals surface area contributed by atoms with Crippen LogP contribution in [0.5, 0.6) is 0 Å². The topological polar surface area (TPSA) is 74.0 Å². The maximum atomic E-state index is 12.4. The molecule has 3 rings (SSSR count). The number of hydrogen-bond acceptors (Lipinski definition) is 4. The van der Waals surface area contributed by atoms with E-state index < -0.39 is 5.54 Å². The van der Waals surface area contributed by atoms with E-state index >= 15 is 0 Å². The van der Waals surface area contributed by atoms with Crippen molar-refractivity contribution < 1.29 is 4.79 Å². The van der Waals surface area contributed by atoms with Gasteiger partial charge in [0.25, 0.3) is 0 Å². The van der Waals surface area contributed by atoms with E-state index in [-0.39, 0.29) is 12.5 Å². The molecule has 1 aromatic carbocycles. The molecule has 0 unspecified atom stereocenters. The predicted octanol–water partition coefficient (Wildman–Crippen LogP) is 2.87. The molecule has 0 atom stereocenters. The van der Waals surface area contributed by atoms with Gasteiger partial charge < -0.3 is 5.32 Å². The Bertz CT molecular complexity index is 843. The molecule has 0 radical (unpaired) electrons. The fourth-order valence-corrected chi connectivity index (χ4v) is 3.85. The van der Waals surface area contributed by atoms with E-state index in [0.717, 1.165) is 48.3 Å². The normalized spacial score (nSPS) is 15.7. The van der Waals surface area contributed by atoms with Crippen LogP contribution in [0.3, 0.4) is 0 Å². The third-order valence-electron chi connectivity index (χ3n) is 5.33. The molecule has 1 aromatic heterocycles. The molecule has 2 aromatic rings. The number of aromatic nitrogens is 2. The van der Waals surface area contributed by atoms with E-state index in [1.54, 1.807) is 0 Å². The highest BCUT2D eigenvalue weighted by molar-refractivity contribution is 5.79. The lowest BCUT2D eigenvalue weighted by molar-refractivity contribution is -0.123. The maximum Gasteiger partial charge on any atom is 0.235 e. The molecule has 1 amide bonds. The van der Waals surface area contributed by atoms with Crippen LogP contribution >= 0.6 is 0 Å². The monoisotopic (exact) mass is 365 g/mol. The first-order valence-corrected chi connectivity index (χ1v) is 9.45. The summed E-state index contributed by atoms with van der Waals surface area (Å²) >= 11 is 0. The minimum absolute atomic E-state index is 0.0910. The van der Waals surface area contributed by atoms with Crippen LogP contribution in [0.2, 0.25) is 0 Å². The van der Waals surface area contributed by atoms with Crippen LogP contribution in [-0.4, -0.2) is 39.7 Å². The fourth-order valence-electron chi connectivity index (χ4n) is 3.85. The first kappa shape index (κ1) is 19.1. The molecule has 0 saturated heterocycles. The molecule has 6 nitrogen and oxygen atoms in total. The van der Waals surface area contributed by atoms with Crippen LogP contribution in [0.1, 0.15) is 42.6 Å². The minimum atomic E-state index is -0.665. The summed E-state index contributed by atoms with van der Waals surface area (Å²) in [5, 5.41) is 17.1. The average Bonchev–Trinajstić information content (AvgIpc) is 3.22. The molecule has 1 saturated carbocycles. The van der Waals surface area contributed by atoms with Crippen molar-refractivity contribution in [1.29, 1.82) is 5.26 Å². The second-order valence-corrected chi connectivity index (χ2v) is 7.52. The van der Waals surface area contributed by atoms with Crippen molar-refractivity contribution in [2.24, 2.45) is 0 Å². The SMILES string of the molecule is Cc1nn(-c2ccccc2)c(C)c1CN(C)CC(=O)NC1(C#N)CCCC1. The van der Waals surface area contributed by atoms with Gasteiger partial charge >= 0.3 is 0 Å². The summed E-state index contributed by atoms with van der Waals surface area (Å²) < 4.78 is 1.95. The lowest BCUT2D eigenvalue weighted by Crippen LogP contribution is -2.48. The van der Waals surface area contributed by atoms with E-state index in [1.165, 1.54) is 0 Å². The van der Waals surface area contributed by atoms with Gasteiger partial charge in [0.1, 0.15) is 5.54 Å². The van der Waals surface area contributed by atoms with Gasteiger partial charge in [0.2, 0.25) is 5.91 Å². The number of aryl methyl sites for hydroxylation is 1. The molecule has 1 heterocycles. The summed E-state index contributed by atoms with van der Waals surface area (Å²) in [7, 11) is 1.92. The third kappa shape index (κ3) is 4.20. The highest BCUT2D eigenvalue weighted by Gasteiger charge is 2.35. The maximum absolute atomic E-state index is 12.4. The van der Waals surface area contributed by atoms with E-state index in [9.17, 15) is 10.1 Å². The number of amides is 1. The van der Waals surface area contributed by atoms with Gasteiger partial charge in [-0.25, -0.2) is 4.68 Å². The summed E-state index contributed by atoms with van der Waals surface area (Å²) in [6.07, 6.45) is 3.50. The summed E-state index contributed by atoms with van der Waals surface area (Å²) in [4.78, 5) is 14.4. The van der Waals surface area contributed by atoms with Crippen molar-refractivity contribution in [3.8, 4) is 11.8 Å². The molecule has 6 heteroatoms. The number of para-hydroxylation sites is 1. The van der Waals surface area contributed by atoms with Gasteiger partial charge in [-0.3, -0.25) is 9.69 Å². The van der Waals surface area contributed by atoms with Crippen molar-refractivity contribution in [1.82, 2.24) is 20.0 Å². The molecular weight excluding hydrogens is 338 g/mol. The zero-order valence-electron chi connectivity index (χ0n) is 16.3. The van der Waals surface area contributed by atoms with Crippen LogP contribution in [0, 0.1) is 25.2 Å². The summed E-state index contributed by atoms with van der Waals surface area (Å²) in [6.45, 7) is 4.95. The zero-order chi connectivity index (χ0) is 19.4. The quantitative estimate of drug-likeness (QED) is 0.854. The number of nitrogens with zero attached hydrogens (tertiary/aromatic N) is 4. The van der Waals surface area contributed by atoms with E-state index in [4.69, 9.17) is 0 Å². The van der Waals surface area contributed by atoms with Crippen LogP contribution in [-0.2, 0) is 11.3 Å². The Balaban J connectivity index is 1.66. The second-order valence-electron chi connectivity index (χ2n) is 7.52. The van der Waals surface area contributed by atoms with Gasteiger partial charge in [-0.05, 0) is 58.7 Å². The number of nitrogens with one attached hydrogen (secondary N) is 1. The van der Waals surface area contributed by atoms with Gasteiger partial charge in [0.05, 0.1) is 24.0 Å². The molecule has 1 N–H and O–H groups in total. The largest absolute Gasteiger partial charge is 0.337 e. The van der Waals surface area contributed by atoms with Gasteiger partial charge in [-0.2, -0.15) is 10.4 Å². The number of carbonyl (C=O) groups excluding carboxylic acids is 1. The minimum Gasteiger partial charge on any atom is -0.337 e. The standard InChI is InChI=1S/C21H27N5O/c1-16-19(17(2)26(24-16)18-9-5-4-6-10-18)13-25(3)14-20(27)23-21(15-22)11-7-8-12-21/h4-6,9-10H,7-8,11-14H2,1-3H3,(H,23,27). The molecule has 27 heavy (non-hydrogen) atoms. The summed E-state index contributed by atoms with van der Waals surface area (Å²) in [5.41, 5.74) is 3.54. The number of rotatable bonds is 6. The Morgan fingerprint density at radius 2 is 1.96 bits per heavy atom. The smallest absolute Gasteiger partial charge is 0.235 e. The Morgan fingerprint density at radius 1 is 1.30 bits per heavy atom. The van der Waals surface area contributed by atoms with Crippen LogP contribution in [0.4, 0.5) is 0 Å². The Hall–Kier alpha value is -2.65. The predicted molar refractivity (Wildman–Crippen MR) is 104 cm³/mol. The van der Waals surface area contributed by atoms with Crippen LogP contribution < -0.4 is 5.32 Å². The average molecular weight is 365 g/mol. The van der Waals surface area contributed by atoms with E-state index in [0.29, 0.717) is 6.54 Å². The molecule has 0 aliphatic heterocycles. The molecule has 0 bridgehead atoms. The first-order valence-electron chi connectivity index (χ1n) is 9.45. The molecule has 142 valence electrons. The van der Waals surface area contributed by atoms with Gasteiger partial charge in [0, 0.05) is 17.8 Å². The molecular formula is C21H27N5O. The Morgan fingerprint density at radius 3 is 2.59 bits per heavy atom.